The molecule has 1 aromatic carbocycles. The predicted molar refractivity (Wildman–Crippen MR) is 68.0 cm³/mol. The summed E-state index contributed by atoms with van der Waals surface area (Å²) in [5.41, 5.74) is 5.02. The molecule has 2 heteroatoms. The van der Waals surface area contributed by atoms with E-state index in [0.29, 0.717) is 0 Å². The van der Waals surface area contributed by atoms with Gasteiger partial charge in [-0.05, 0) is 45.7 Å². The highest BCUT2D eigenvalue weighted by Crippen LogP contribution is 2.07. The maximum atomic E-state index is 5.03. The molecule has 0 aliphatic rings. The second-order valence-corrected chi connectivity index (χ2v) is 3.67. The molecular formula is C13H24FO. The molecule has 1 nitrogen and oxygen atoms in total. The van der Waals surface area contributed by atoms with Crippen LogP contribution in [0.4, 0.5) is 4.70 Å². The minimum Gasteiger partial charge on any atom is -0.412 e. The number of halogens is 1. The van der Waals surface area contributed by atoms with Crippen molar-refractivity contribution >= 4 is 0 Å². The SMILES string of the molecule is Cc1ccc(C)c(C)c1.F.O.[CH]=C(C)C.[HH]. The van der Waals surface area contributed by atoms with Gasteiger partial charge in [-0.15, -0.1) is 0 Å². The minimum atomic E-state index is 0. The van der Waals surface area contributed by atoms with Gasteiger partial charge in [0.25, 0.3) is 0 Å². The normalized spacial score (nSPS) is 7.53. The summed E-state index contributed by atoms with van der Waals surface area (Å²) in [4.78, 5) is 0. The Morgan fingerprint density at radius 1 is 1.07 bits per heavy atom. The van der Waals surface area contributed by atoms with Gasteiger partial charge in [0.1, 0.15) is 0 Å². The van der Waals surface area contributed by atoms with Crippen molar-refractivity contribution in [3.8, 4) is 0 Å². The summed E-state index contributed by atoms with van der Waals surface area (Å²) in [5, 5.41) is 0. The second-order valence-electron chi connectivity index (χ2n) is 3.67. The smallest absolute Gasteiger partial charge is 0 e. The standard InChI is InChI=1S/C9H12.C4H7.FH.H2O.H2/c1-7-4-5-8(2)9(3)6-7;1-4(2)3;;;/h4-6H,1-3H3;1H,2-3H3;1H;1H2;1H. The van der Waals surface area contributed by atoms with E-state index in [1.54, 1.807) is 0 Å². The lowest BCUT2D eigenvalue weighted by molar-refractivity contribution is 0.824. The Bertz CT molecular complexity index is 294. The van der Waals surface area contributed by atoms with Gasteiger partial charge >= 0.3 is 0 Å². The highest BCUT2D eigenvalue weighted by molar-refractivity contribution is 5.28. The summed E-state index contributed by atoms with van der Waals surface area (Å²) in [6.45, 7) is 15.1. The fraction of sp³-hybridized carbons (Fsp3) is 0.385. The van der Waals surface area contributed by atoms with Crippen molar-refractivity contribution in [2.45, 2.75) is 34.6 Å². The Labute approximate surface area is 94.0 Å². The molecule has 0 aliphatic carbocycles. The lowest BCUT2D eigenvalue weighted by Crippen LogP contribution is -1.79. The molecule has 0 fully saturated rings. The van der Waals surface area contributed by atoms with E-state index >= 15 is 0 Å². The van der Waals surface area contributed by atoms with Crippen molar-refractivity contribution in [3.05, 3.63) is 47.0 Å². The van der Waals surface area contributed by atoms with Crippen LogP contribution in [-0.4, -0.2) is 5.48 Å². The molecule has 1 rings (SSSR count). The van der Waals surface area contributed by atoms with Crippen molar-refractivity contribution in [2.24, 2.45) is 0 Å². The van der Waals surface area contributed by atoms with E-state index in [4.69, 9.17) is 6.58 Å². The Balaban J connectivity index is -0.0000000921. The van der Waals surface area contributed by atoms with Gasteiger partial charge in [0, 0.05) is 1.43 Å². The van der Waals surface area contributed by atoms with Crippen LogP contribution in [0.1, 0.15) is 32.0 Å². The van der Waals surface area contributed by atoms with Crippen LogP contribution in [0, 0.1) is 27.4 Å². The zero-order valence-corrected chi connectivity index (χ0v) is 10.2. The quantitative estimate of drug-likeness (QED) is 0.633. The molecule has 0 atom stereocenters. The third kappa shape index (κ3) is 10.8. The van der Waals surface area contributed by atoms with E-state index in [1.807, 2.05) is 13.8 Å². The van der Waals surface area contributed by atoms with Crippen LogP contribution < -0.4 is 0 Å². The fourth-order valence-corrected chi connectivity index (χ4v) is 0.891. The molecule has 0 bridgehead atoms. The summed E-state index contributed by atoms with van der Waals surface area (Å²) in [6.07, 6.45) is 0. The molecule has 1 aromatic rings. The van der Waals surface area contributed by atoms with Crippen LogP contribution in [0.2, 0.25) is 0 Å². The second kappa shape index (κ2) is 9.41. The highest BCUT2D eigenvalue weighted by Gasteiger charge is 1.89. The van der Waals surface area contributed by atoms with Crippen LogP contribution in [0.5, 0.6) is 0 Å². The minimum absolute atomic E-state index is 0. The zero-order chi connectivity index (χ0) is 10.4. The molecule has 2 N–H and O–H groups in total. The van der Waals surface area contributed by atoms with Gasteiger partial charge in [-0.3, -0.25) is 4.70 Å². The van der Waals surface area contributed by atoms with Crippen LogP contribution in [0.3, 0.4) is 0 Å². The molecule has 0 heterocycles. The van der Waals surface area contributed by atoms with Crippen LogP contribution in [0.25, 0.3) is 0 Å². The topological polar surface area (TPSA) is 31.5 Å². The molecule has 89 valence electrons. The molecule has 0 unspecified atom stereocenters. The van der Waals surface area contributed by atoms with Gasteiger partial charge in [0.15, 0.2) is 0 Å². The maximum absolute atomic E-state index is 5.03. The van der Waals surface area contributed by atoms with Gasteiger partial charge in [-0.1, -0.05) is 35.9 Å². The first-order chi connectivity index (χ1) is 5.93. The van der Waals surface area contributed by atoms with Crippen molar-refractivity contribution in [2.75, 3.05) is 0 Å². The number of allylic oxidation sites excluding steroid dienone is 1. The maximum Gasteiger partial charge on any atom is 0 e. The molecule has 0 aliphatic heterocycles. The molecule has 0 saturated carbocycles. The third-order valence-corrected chi connectivity index (χ3v) is 1.66. The number of aryl methyl sites for hydroxylation is 3. The largest absolute Gasteiger partial charge is 0.412 e. The van der Waals surface area contributed by atoms with E-state index in [9.17, 15) is 0 Å². The summed E-state index contributed by atoms with van der Waals surface area (Å²) >= 11 is 0. The molecule has 0 amide bonds. The molecule has 0 spiro atoms. The Morgan fingerprint density at radius 3 is 1.73 bits per heavy atom. The lowest BCUT2D eigenvalue weighted by Gasteiger charge is -1.98. The summed E-state index contributed by atoms with van der Waals surface area (Å²) < 4.78 is 0. The number of hydrogen-bond acceptors (Lipinski definition) is 0. The van der Waals surface area contributed by atoms with Crippen molar-refractivity contribution in [1.29, 1.82) is 0 Å². The van der Waals surface area contributed by atoms with Crippen LogP contribution >= 0.6 is 0 Å². The first-order valence-corrected chi connectivity index (χ1v) is 4.53. The van der Waals surface area contributed by atoms with Crippen LogP contribution in [0.15, 0.2) is 23.8 Å². The average Bonchev–Trinajstić information content (AvgIpc) is 1.96. The Morgan fingerprint density at radius 2 is 1.47 bits per heavy atom. The van der Waals surface area contributed by atoms with Crippen molar-refractivity contribution in [3.63, 3.8) is 0 Å². The van der Waals surface area contributed by atoms with Gasteiger partial charge in [-0.2, -0.15) is 0 Å². The number of benzene rings is 1. The van der Waals surface area contributed by atoms with Gasteiger partial charge in [0.05, 0.1) is 0 Å². The first kappa shape index (κ1) is 19.4. The lowest BCUT2D eigenvalue weighted by atomic mass is 10.1. The van der Waals surface area contributed by atoms with Crippen molar-refractivity contribution in [1.82, 2.24) is 0 Å². The predicted octanol–water partition coefficient (Wildman–Crippen LogP) is 3.57. The monoisotopic (exact) mass is 215 g/mol. The third-order valence-electron chi connectivity index (χ3n) is 1.66. The van der Waals surface area contributed by atoms with E-state index in [2.05, 4.69) is 39.0 Å². The summed E-state index contributed by atoms with van der Waals surface area (Å²) in [6, 6.07) is 6.50. The highest BCUT2D eigenvalue weighted by atomic mass is 19.0. The van der Waals surface area contributed by atoms with Crippen molar-refractivity contribution < 1.29 is 11.6 Å². The summed E-state index contributed by atoms with van der Waals surface area (Å²) in [7, 11) is 0. The Hall–Kier alpha value is -1.15. The molecular weight excluding hydrogens is 191 g/mol. The molecule has 0 aromatic heterocycles. The van der Waals surface area contributed by atoms with Gasteiger partial charge in [0.2, 0.25) is 0 Å². The fourth-order valence-electron chi connectivity index (χ4n) is 0.891. The van der Waals surface area contributed by atoms with Gasteiger partial charge in [-0.25, -0.2) is 0 Å². The molecule has 0 saturated heterocycles. The van der Waals surface area contributed by atoms with E-state index in [-0.39, 0.29) is 11.6 Å². The summed E-state index contributed by atoms with van der Waals surface area (Å²) in [5.74, 6) is 0. The average molecular weight is 215 g/mol. The number of rotatable bonds is 0. The first-order valence-electron chi connectivity index (χ1n) is 4.53. The molecule has 1 radical (unpaired) electrons. The molecule has 15 heavy (non-hydrogen) atoms. The van der Waals surface area contributed by atoms with E-state index < -0.39 is 0 Å². The van der Waals surface area contributed by atoms with E-state index in [1.165, 1.54) is 16.7 Å². The van der Waals surface area contributed by atoms with E-state index in [0.717, 1.165) is 5.57 Å². The van der Waals surface area contributed by atoms with Crippen LogP contribution in [-0.2, 0) is 0 Å². The Kier molecular flexibility index (Phi) is 12.2. The van der Waals surface area contributed by atoms with Gasteiger partial charge < -0.3 is 5.48 Å². The number of hydrogen-bond donors (Lipinski definition) is 0. The zero-order valence-electron chi connectivity index (χ0n) is 10.2.